The van der Waals surface area contributed by atoms with E-state index in [2.05, 4.69) is 11.4 Å². The lowest BCUT2D eigenvalue weighted by Crippen LogP contribution is -2.43. The Morgan fingerprint density at radius 2 is 1.62 bits per heavy atom. The van der Waals surface area contributed by atoms with Gasteiger partial charge in [-0.25, -0.2) is 8.42 Å². The fourth-order valence-corrected chi connectivity index (χ4v) is 7.00. The molecule has 1 saturated heterocycles. The highest BCUT2D eigenvalue weighted by Gasteiger charge is 2.40. The number of nitrogens with zero attached hydrogens (tertiary/aromatic N) is 2. The Morgan fingerprint density at radius 3 is 2.22 bits per heavy atom. The third-order valence-corrected chi connectivity index (χ3v) is 8.80. The number of carbonyl (C=O) groups excluding carboxylic acids is 1. The normalized spacial score (nSPS) is 20.2. The van der Waals surface area contributed by atoms with Gasteiger partial charge in [-0.15, -0.1) is 0 Å². The summed E-state index contributed by atoms with van der Waals surface area (Å²) in [4.78, 5) is 23.6. The number of sulfonamides is 1. The van der Waals surface area contributed by atoms with Crippen LogP contribution in [-0.4, -0.2) is 36.1 Å². The molecule has 0 saturated carbocycles. The lowest BCUT2D eigenvalue weighted by molar-refractivity contribution is -0.384. The number of rotatable bonds is 5. The summed E-state index contributed by atoms with van der Waals surface area (Å²) in [5, 5.41) is 14.0. The first kappa shape index (κ1) is 21.1. The van der Waals surface area contributed by atoms with Crippen LogP contribution in [0.3, 0.4) is 0 Å². The zero-order valence-electron chi connectivity index (χ0n) is 17.7. The number of nitrogens with one attached hydrogen (secondary N) is 1. The van der Waals surface area contributed by atoms with E-state index in [4.69, 9.17) is 0 Å². The summed E-state index contributed by atoms with van der Waals surface area (Å²) < 4.78 is 27.7. The molecule has 0 spiro atoms. The summed E-state index contributed by atoms with van der Waals surface area (Å²) in [5.74, 6) is -0.289. The van der Waals surface area contributed by atoms with Crippen LogP contribution in [0.4, 0.5) is 11.4 Å². The van der Waals surface area contributed by atoms with Crippen LogP contribution in [0.15, 0.2) is 35.2 Å². The molecule has 9 heteroatoms. The molecule has 2 aliphatic carbocycles. The first-order valence-corrected chi connectivity index (χ1v) is 12.5. The van der Waals surface area contributed by atoms with Crippen LogP contribution in [0.5, 0.6) is 0 Å². The summed E-state index contributed by atoms with van der Waals surface area (Å²) in [7, 11) is -3.94. The SMILES string of the molecule is O=C(Nc1c2c(cc3c1CCC3)CCC2)[C@@H]1CCCN1S(=O)(=O)c1ccc([N+](=O)[O-])cc1. The van der Waals surface area contributed by atoms with Crippen molar-refractivity contribution in [2.24, 2.45) is 0 Å². The first-order valence-electron chi connectivity index (χ1n) is 11.1. The van der Waals surface area contributed by atoms with E-state index in [0.29, 0.717) is 12.8 Å². The van der Waals surface area contributed by atoms with E-state index in [1.54, 1.807) is 0 Å². The van der Waals surface area contributed by atoms with Crippen LogP contribution in [0, 0.1) is 10.1 Å². The van der Waals surface area contributed by atoms with Crippen LogP contribution < -0.4 is 5.32 Å². The summed E-state index contributed by atoms with van der Waals surface area (Å²) in [6, 6.07) is 6.32. The molecule has 3 aliphatic rings. The maximum atomic E-state index is 13.3. The van der Waals surface area contributed by atoms with Crippen LogP contribution in [0.2, 0.25) is 0 Å². The number of anilines is 1. The van der Waals surface area contributed by atoms with Gasteiger partial charge in [0.05, 0.1) is 9.82 Å². The van der Waals surface area contributed by atoms with Crippen molar-refractivity contribution < 1.29 is 18.1 Å². The van der Waals surface area contributed by atoms with Gasteiger partial charge in [0.1, 0.15) is 6.04 Å². The van der Waals surface area contributed by atoms with Crippen LogP contribution >= 0.6 is 0 Å². The number of carbonyl (C=O) groups is 1. The van der Waals surface area contributed by atoms with Gasteiger partial charge in [0.15, 0.2) is 0 Å². The molecule has 1 atom stereocenters. The van der Waals surface area contributed by atoms with Gasteiger partial charge in [-0.2, -0.15) is 4.31 Å². The predicted molar refractivity (Wildman–Crippen MR) is 119 cm³/mol. The smallest absolute Gasteiger partial charge is 0.269 e. The molecule has 32 heavy (non-hydrogen) atoms. The number of hydrogen-bond acceptors (Lipinski definition) is 5. The molecule has 168 valence electrons. The molecular formula is C23H25N3O5S. The van der Waals surface area contributed by atoms with E-state index < -0.39 is 21.0 Å². The summed E-state index contributed by atoms with van der Waals surface area (Å²) in [6.07, 6.45) is 7.12. The maximum Gasteiger partial charge on any atom is 0.269 e. The highest BCUT2D eigenvalue weighted by Crippen LogP contribution is 2.39. The molecule has 1 amide bonds. The van der Waals surface area contributed by atoms with Crippen molar-refractivity contribution in [3.05, 3.63) is 62.7 Å². The molecule has 5 rings (SSSR count). The second-order valence-electron chi connectivity index (χ2n) is 8.75. The molecule has 8 nitrogen and oxygen atoms in total. The van der Waals surface area contributed by atoms with E-state index in [-0.39, 0.29) is 23.0 Å². The fraction of sp³-hybridized carbons (Fsp3) is 0.435. The number of hydrogen-bond donors (Lipinski definition) is 1. The monoisotopic (exact) mass is 455 g/mol. The van der Waals surface area contributed by atoms with Crippen LogP contribution in [0.1, 0.15) is 47.9 Å². The van der Waals surface area contributed by atoms with Crippen molar-refractivity contribution >= 4 is 27.3 Å². The standard InChI is InChI=1S/C23H25N3O5S/c27-23(24-22-19-6-1-4-15(19)14-16-5-2-7-20(16)22)21-8-3-13-25(21)32(30,31)18-11-9-17(10-12-18)26(28)29/h9-12,14,21H,1-8,13H2,(H,24,27)/t21-/m0/s1. The Kier molecular flexibility index (Phi) is 5.25. The molecule has 1 fully saturated rings. The lowest BCUT2D eigenvalue weighted by atomic mass is 9.98. The molecule has 2 aromatic carbocycles. The second kappa shape index (κ2) is 7.97. The van der Waals surface area contributed by atoms with Crippen molar-refractivity contribution in [3.8, 4) is 0 Å². The maximum absolute atomic E-state index is 13.3. The number of fused-ring (bicyclic) bond motifs is 2. The fourth-order valence-electron chi connectivity index (χ4n) is 5.34. The van der Waals surface area contributed by atoms with Gasteiger partial charge >= 0.3 is 0 Å². The topological polar surface area (TPSA) is 110 Å². The highest BCUT2D eigenvalue weighted by molar-refractivity contribution is 7.89. The number of nitro benzene ring substituents is 1. The zero-order chi connectivity index (χ0) is 22.5. The lowest BCUT2D eigenvalue weighted by Gasteiger charge is -2.25. The van der Waals surface area contributed by atoms with Gasteiger partial charge in [0, 0.05) is 24.4 Å². The quantitative estimate of drug-likeness (QED) is 0.549. The van der Waals surface area contributed by atoms with Gasteiger partial charge in [0.25, 0.3) is 5.69 Å². The molecule has 1 aliphatic heterocycles. The Bertz CT molecular complexity index is 1170. The van der Waals surface area contributed by atoms with E-state index in [0.717, 1.165) is 44.2 Å². The molecule has 2 aromatic rings. The number of aryl methyl sites for hydroxylation is 2. The Hall–Kier alpha value is -2.78. The first-order chi connectivity index (χ1) is 15.4. The van der Waals surface area contributed by atoms with Crippen LogP contribution in [-0.2, 0) is 40.5 Å². The molecule has 0 unspecified atom stereocenters. The minimum atomic E-state index is -3.94. The van der Waals surface area contributed by atoms with Gasteiger partial charge in [0.2, 0.25) is 15.9 Å². The minimum absolute atomic E-state index is 0.0377. The molecular weight excluding hydrogens is 430 g/mol. The Labute approximate surface area is 186 Å². The Morgan fingerprint density at radius 1 is 1.00 bits per heavy atom. The Balaban J connectivity index is 1.42. The van der Waals surface area contributed by atoms with E-state index in [1.165, 1.54) is 50.8 Å². The third kappa shape index (κ3) is 3.49. The zero-order valence-corrected chi connectivity index (χ0v) is 18.5. The average molecular weight is 456 g/mol. The van der Waals surface area contributed by atoms with Crippen molar-refractivity contribution in [1.29, 1.82) is 0 Å². The third-order valence-electron chi connectivity index (χ3n) is 6.88. The number of benzene rings is 2. The van der Waals surface area contributed by atoms with Crippen molar-refractivity contribution in [2.45, 2.75) is 62.3 Å². The van der Waals surface area contributed by atoms with E-state index in [1.807, 2.05) is 0 Å². The molecule has 0 aromatic heterocycles. The highest BCUT2D eigenvalue weighted by atomic mass is 32.2. The number of non-ortho nitro benzene ring substituents is 1. The van der Waals surface area contributed by atoms with Crippen molar-refractivity contribution in [2.75, 3.05) is 11.9 Å². The second-order valence-corrected chi connectivity index (χ2v) is 10.6. The predicted octanol–water partition coefficient (Wildman–Crippen LogP) is 3.36. The van der Waals surface area contributed by atoms with Crippen molar-refractivity contribution in [3.63, 3.8) is 0 Å². The van der Waals surface area contributed by atoms with Crippen molar-refractivity contribution in [1.82, 2.24) is 4.31 Å². The molecule has 0 bridgehead atoms. The van der Waals surface area contributed by atoms with Crippen LogP contribution in [0.25, 0.3) is 0 Å². The molecule has 1 N–H and O–H groups in total. The van der Waals surface area contributed by atoms with E-state index >= 15 is 0 Å². The minimum Gasteiger partial charge on any atom is -0.324 e. The largest absolute Gasteiger partial charge is 0.324 e. The summed E-state index contributed by atoms with van der Waals surface area (Å²) in [6.45, 7) is 0.252. The average Bonchev–Trinajstić information content (AvgIpc) is 3.53. The van der Waals surface area contributed by atoms with Gasteiger partial charge in [-0.05, 0) is 85.8 Å². The number of amides is 1. The summed E-state index contributed by atoms with van der Waals surface area (Å²) in [5.41, 5.74) is 5.78. The molecule has 0 radical (unpaired) electrons. The van der Waals surface area contributed by atoms with E-state index in [9.17, 15) is 23.3 Å². The number of nitro groups is 1. The van der Waals surface area contributed by atoms with Gasteiger partial charge in [-0.3, -0.25) is 14.9 Å². The summed E-state index contributed by atoms with van der Waals surface area (Å²) >= 11 is 0. The van der Waals surface area contributed by atoms with Gasteiger partial charge < -0.3 is 5.32 Å². The molecule has 1 heterocycles. The van der Waals surface area contributed by atoms with Gasteiger partial charge in [-0.1, -0.05) is 6.07 Å².